The van der Waals surface area contributed by atoms with E-state index in [2.05, 4.69) is 61.7 Å². The van der Waals surface area contributed by atoms with E-state index in [-0.39, 0.29) is 5.91 Å². The number of piperazine rings is 1. The maximum absolute atomic E-state index is 12.4. The third-order valence-electron chi connectivity index (χ3n) is 6.06. The molecule has 2 heterocycles. The Balaban J connectivity index is 1.16. The molecule has 0 atom stereocenters. The molecule has 1 amide bonds. The van der Waals surface area contributed by atoms with Crippen molar-refractivity contribution in [3.8, 4) is 11.4 Å². The van der Waals surface area contributed by atoms with E-state index in [9.17, 15) is 4.79 Å². The standard InChI is InChI=1S/C25H32N6OS/c1-20-7-5-8-21(19-20)24-27-28-25(33)31(24)14-11-23(32)26-12-6-13-29-15-17-30(18-16-29)22-9-3-2-4-10-22/h2-5,7-10,19H,6,11-18H2,1H3,(H,26,32)(H,28,33). The first-order valence-corrected chi connectivity index (χ1v) is 12.0. The summed E-state index contributed by atoms with van der Waals surface area (Å²) in [6.45, 7) is 8.46. The second kappa shape index (κ2) is 11.2. The minimum atomic E-state index is 0.0437. The van der Waals surface area contributed by atoms with Crippen LogP contribution in [0.15, 0.2) is 54.6 Å². The number of benzene rings is 2. The Morgan fingerprint density at radius 2 is 1.85 bits per heavy atom. The van der Waals surface area contributed by atoms with E-state index in [1.807, 2.05) is 29.7 Å². The Kier molecular flexibility index (Phi) is 7.91. The van der Waals surface area contributed by atoms with Crippen LogP contribution in [0, 0.1) is 11.7 Å². The van der Waals surface area contributed by atoms with Gasteiger partial charge < -0.3 is 10.2 Å². The Labute approximate surface area is 200 Å². The van der Waals surface area contributed by atoms with Gasteiger partial charge in [-0.2, -0.15) is 5.10 Å². The van der Waals surface area contributed by atoms with Gasteiger partial charge in [-0.3, -0.25) is 19.4 Å². The molecule has 1 aliphatic heterocycles. The largest absolute Gasteiger partial charge is 0.369 e. The Bertz CT molecular complexity index is 1100. The van der Waals surface area contributed by atoms with E-state index in [1.165, 1.54) is 5.69 Å². The van der Waals surface area contributed by atoms with Crippen molar-refractivity contribution in [2.45, 2.75) is 26.3 Å². The summed E-state index contributed by atoms with van der Waals surface area (Å²) in [7, 11) is 0. The van der Waals surface area contributed by atoms with E-state index in [1.54, 1.807) is 0 Å². The quantitative estimate of drug-likeness (QED) is 0.374. The minimum absolute atomic E-state index is 0.0437. The third-order valence-corrected chi connectivity index (χ3v) is 6.38. The van der Waals surface area contributed by atoms with Crippen molar-refractivity contribution in [3.05, 3.63) is 64.9 Å². The summed E-state index contributed by atoms with van der Waals surface area (Å²) in [5.74, 6) is 0.813. The lowest BCUT2D eigenvalue weighted by molar-refractivity contribution is -0.121. The maximum atomic E-state index is 12.4. The number of H-pyrrole nitrogens is 1. The molecule has 2 aromatic carbocycles. The maximum Gasteiger partial charge on any atom is 0.221 e. The molecule has 0 saturated carbocycles. The van der Waals surface area contributed by atoms with Gasteiger partial charge in [-0.1, -0.05) is 42.0 Å². The van der Waals surface area contributed by atoms with Crippen molar-refractivity contribution >= 4 is 23.8 Å². The van der Waals surface area contributed by atoms with Crippen LogP contribution in [0.25, 0.3) is 11.4 Å². The summed E-state index contributed by atoms with van der Waals surface area (Å²) >= 11 is 5.38. The highest BCUT2D eigenvalue weighted by atomic mass is 32.1. The number of aromatic amines is 1. The lowest BCUT2D eigenvalue weighted by Crippen LogP contribution is -2.47. The van der Waals surface area contributed by atoms with Crippen molar-refractivity contribution in [2.75, 3.05) is 44.2 Å². The van der Waals surface area contributed by atoms with Crippen LogP contribution in [-0.2, 0) is 11.3 Å². The van der Waals surface area contributed by atoms with Gasteiger partial charge in [-0.25, -0.2) is 0 Å². The molecule has 174 valence electrons. The van der Waals surface area contributed by atoms with Gasteiger partial charge in [-0.15, -0.1) is 0 Å². The molecule has 1 aliphatic rings. The number of carbonyl (C=O) groups excluding carboxylic acids is 1. The zero-order valence-corrected chi connectivity index (χ0v) is 20.0. The molecular weight excluding hydrogens is 432 g/mol. The molecule has 4 rings (SSSR count). The van der Waals surface area contributed by atoms with E-state index in [4.69, 9.17) is 12.2 Å². The second-order valence-electron chi connectivity index (χ2n) is 8.49. The van der Waals surface area contributed by atoms with Crippen LogP contribution in [0.1, 0.15) is 18.4 Å². The molecule has 1 fully saturated rings. The van der Waals surface area contributed by atoms with Gasteiger partial charge in [0.15, 0.2) is 10.6 Å². The number of para-hydroxylation sites is 1. The van der Waals surface area contributed by atoms with Crippen LogP contribution in [0.5, 0.6) is 0 Å². The van der Waals surface area contributed by atoms with Crippen molar-refractivity contribution in [1.82, 2.24) is 25.0 Å². The van der Waals surface area contributed by atoms with Crippen LogP contribution in [0.2, 0.25) is 0 Å². The Morgan fingerprint density at radius 3 is 2.61 bits per heavy atom. The number of hydrogen-bond acceptors (Lipinski definition) is 5. The van der Waals surface area contributed by atoms with Gasteiger partial charge >= 0.3 is 0 Å². The molecule has 1 saturated heterocycles. The molecule has 7 nitrogen and oxygen atoms in total. The zero-order valence-electron chi connectivity index (χ0n) is 19.2. The van der Waals surface area contributed by atoms with Gasteiger partial charge in [-0.05, 0) is 50.3 Å². The fourth-order valence-corrected chi connectivity index (χ4v) is 4.45. The minimum Gasteiger partial charge on any atom is -0.369 e. The molecule has 3 aromatic rings. The summed E-state index contributed by atoms with van der Waals surface area (Å²) in [6.07, 6.45) is 1.33. The molecule has 0 bridgehead atoms. The van der Waals surface area contributed by atoms with Crippen LogP contribution in [0.3, 0.4) is 0 Å². The van der Waals surface area contributed by atoms with Crippen molar-refractivity contribution in [3.63, 3.8) is 0 Å². The lowest BCUT2D eigenvalue weighted by Gasteiger charge is -2.36. The molecule has 33 heavy (non-hydrogen) atoms. The predicted molar refractivity (Wildman–Crippen MR) is 135 cm³/mol. The second-order valence-corrected chi connectivity index (χ2v) is 8.88. The Morgan fingerprint density at radius 1 is 1.06 bits per heavy atom. The highest BCUT2D eigenvalue weighted by Crippen LogP contribution is 2.19. The summed E-state index contributed by atoms with van der Waals surface area (Å²) in [5, 5.41) is 10.3. The molecule has 0 aliphatic carbocycles. The van der Waals surface area contributed by atoms with Crippen molar-refractivity contribution in [2.24, 2.45) is 0 Å². The smallest absolute Gasteiger partial charge is 0.221 e. The molecule has 1 aromatic heterocycles. The fraction of sp³-hybridized carbons (Fsp3) is 0.400. The number of carbonyl (C=O) groups is 1. The van der Waals surface area contributed by atoms with Gasteiger partial charge in [0.1, 0.15) is 0 Å². The monoisotopic (exact) mass is 464 g/mol. The SMILES string of the molecule is Cc1cccc(-c2n[nH]c(=S)n2CCC(=O)NCCCN2CCN(c3ccccc3)CC2)c1. The van der Waals surface area contributed by atoms with Gasteiger partial charge in [0.2, 0.25) is 5.91 Å². The van der Waals surface area contributed by atoms with Crippen LogP contribution in [-0.4, -0.2) is 64.8 Å². The Hall–Kier alpha value is -2.97. The molecule has 0 unspecified atom stereocenters. The molecule has 0 spiro atoms. The highest BCUT2D eigenvalue weighted by Gasteiger charge is 2.16. The first kappa shape index (κ1) is 23.2. The van der Waals surface area contributed by atoms with Crippen LogP contribution < -0.4 is 10.2 Å². The summed E-state index contributed by atoms with van der Waals surface area (Å²) in [4.78, 5) is 17.3. The summed E-state index contributed by atoms with van der Waals surface area (Å²) < 4.78 is 2.43. The first-order valence-electron chi connectivity index (χ1n) is 11.6. The highest BCUT2D eigenvalue weighted by molar-refractivity contribution is 7.71. The van der Waals surface area contributed by atoms with E-state index < -0.39 is 0 Å². The number of nitrogens with one attached hydrogen (secondary N) is 2. The number of nitrogens with zero attached hydrogens (tertiary/aromatic N) is 4. The van der Waals surface area contributed by atoms with Crippen molar-refractivity contribution < 1.29 is 4.79 Å². The number of rotatable bonds is 9. The van der Waals surface area contributed by atoms with Gasteiger partial charge in [0.25, 0.3) is 0 Å². The normalized spacial score (nSPS) is 14.4. The van der Waals surface area contributed by atoms with E-state index in [0.717, 1.165) is 56.1 Å². The zero-order chi connectivity index (χ0) is 23.0. The number of anilines is 1. The number of aromatic nitrogens is 3. The lowest BCUT2D eigenvalue weighted by atomic mass is 10.1. The van der Waals surface area contributed by atoms with Gasteiger partial charge in [0.05, 0.1) is 0 Å². The number of aryl methyl sites for hydroxylation is 1. The van der Waals surface area contributed by atoms with Crippen molar-refractivity contribution in [1.29, 1.82) is 0 Å². The van der Waals surface area contributed by atoms with Crippen LogP contribution in [0.4, 0.5) is 5.69 Å². The fourth-order valence-electron chi connectivity index (χ4n) is 4.23. The summed E-state index contributed by atoms with van der Waals surface area (Å²) in [6, 6.07) is 18.7. The first-order chi connectivity index (χ1) is 16.1. The third kappa shape index (κ3) is 6.30. The average molecular weight is 465 g/mol. The van der Waals surface area contributed by atoms with E-state index in [0.29, 0.717) is 24.3 Å². The molecule has 2 N–H and O–H groups in total. The van der Waals surface area contributed by atoms with Crippen LogP contribution >= 0.6 is 12.2 Å². The number of hydrogen-bond donors (Lipinski definition) is 2. The van der Waals surface area contributed by atoms with E-state index >= 15 is 0 Å². The molecule has 8 heteroatoms. The predicted octanol–water partition coefficient (Wildman–Crippen LogP) is 3.63. The average Bonchev–Trinajstić information content (AvgIpc) is 3.21. The van der Waals surface area contributed by atoms with Gasteiger partial charge in [0, 0.05) is 56.9 Å². The number of amides is 1. The molecular formula is C25H32N6OS. The molecule has 0 radical (unpaired) electrons. The topological polar surface area (TPSA) is 69.2 Å². The summed E-state index contributed by atoms with van der Waals surface area (Å²) in [5.41, 5.74) is 3.45.